The van der Waals surface area contributed by atoms with E-state index >= 15 is 0 Å². The molecule has 0 spiro atoms. The molecule has 0 saturated carbocycles. The first-order valence-electron chi connectivity index (χ1n) is 12.1. The number of halogens is 2. The summed E-state index contributed by atoms with van der Waals surface area (Å²) in [4.78, 5) is 31.6. The maximum Gasteiger partial charge on any atom is 0.254 e. The maximum absolute atomic E-state index is 13.8. The van der Waals surface area contributed by atoms with E-state index in [1.165, 1.54) is 23.1 Å². The second-order valence-corrected chi connectivity index (χ2v) is 10.5. The lowest BCUT2D eigenvalue weighted by Gasteiger charge is -2.38. The third-order valence-corrected chi connectivity index (χ3v) is 8.13. The van der Waals surface area contributed by atoms with E-state index in [0.29, 0.717) is 23.7 Å². The van der Waals surface area contributed by atoms with Gasteiger partial charge in [-0.1, -0.05) is 24.6 Å². The second-order valence-electron chi connectivity index (χ2n) is 9.07. The average molecular weight is 529 g/mol. The van der Waals surface area contributed by atoms with Crippen molar-refractivity contribution in [3.63, 3.8) is 0 Å². The fraction of sp³-hybridized carbons (Fsp3) is 0.357. The highest BCUT2D eigenvalue weighted by atomic mass is 35.5. The van der Waals surface area contributed by atoms with E-state index in [-0.39, 0.29) is 42.6 Å². The number of carbonyl (C=O) groups excluding carboxylic acids is 2. The Morgan fingerprint density at radius 3 is 2.78 bits per heavy atom. The third kappa shape index (κ3) is 5.73. The molecule has 1 aliphatic rings. The van der Waals surface area contributed by atoms with E-state index in [1.807, 2.05) is 49.3 Å². The Balaban J connectivity index is 1.55. The number of carbonyl (C=O) groups is 2. The minimum absolute atomic E-state index is 0.0830. The molecule has 36 heavy (non-hydrogen) atoms. The van der Waals surface area contributed by atoms with Crippen LogP contribution in [-0.2, 0) is 11.2 Å². The molecule has 2 amide bonds. The molecule has 2 heterocycles. The van der Waals surface area contributed by atoms with Crippen molar-refractivity contribution in [1.82, 2.24) is 9.80 Å². The van der Waals surface area contributed by atoms with Crippen LogP contribution in [-0.4, -0.2) is 47.4 Å². The summed E-state index contributed by atoms with van der Waals surface area (Å²) < 4.78 is 19.9. The van der Waals surface area contributed by atoms with Crippen LogP contribution in [0.1, 0.15) is 52.7 Å². The molecule has 8 heteroatoms. The lowest BCUT2D eigenvalue weighted by molar-refractivity contribution is -0.136. The van der Waals surface area contributed by atoms with Gasteiger partial charge in [0.25, 0.3) is 5.91 Å². The van der Waals surface area contributed by atoms with Gasteiger partial charge in [-0.2, -0.15) is 0 Å². The molecule has 4 rings (SSSR count). The first-order valence-corrected chi connectivity index (χ1v) is 13.4. The van der Waals surface area contributed by atoms with Crippen molar-refractivity contribution in [1.29, 1.82) is 0 Å². The number of nitrogens with zero attached hydrogens (tertiary/aromatic N) is 2. The number of fused-ring (bicyclic) bond motifs is 1. The van der Waals surface area contributed by atoms with Gasteiger partial charge in [0.1, 0.15) is 24.7 Å². The number of ether oxygens (including phenoxy) is 1. The molecule has 0 saturated heterocycles. The molecule has 3 aromatic rings. The van der Waals surface area contributed by atoms with Crippen LogP contribution >= 0.6 is 22.9 Å². The monoisotopic (exact) mass is 528 g/mol. The number of benzene rings is 2. The highest BCUT2D eigenvalue weighted by Crippen LogP contribution is 2.34. The Bertz CT molecular complexity index is 1250. The summed E-state index contributed by atoms with van der Waals surface area (Å²) in [6.07, 6.45) is 1.43. The zero-order chi connectivity index (χ0) is 25.8. The molecule has 5 nitrogen and oxygen atoms in total. The largest absolute Gasteiger partial charge is 0.491 e. The van der Waals surface area contributed by atoms with Gasteiger partial charge in [-0.25, -0.2) is 4.39 Å². The minimum atomic E-state index is -0.480. The van der Waals surface area contributed by atoms with Crippen LogP contribution in [0.15, 0.2) is 53.9 Å². The number of hydrogen-bond donors (Lipinski definition) is 0. The zero-order valence-electron chi connectivity index (χ0n) is 20.7. The van der Waals surface area contributed by atoms with Gasteiger partial charge in [-0.15, -0.1) is 11.3 Å². The molecule has 0 aliphatic carbocycles. The summed E-state index contributed by atoms with van der Waals surface area (Å²) in [5.74, 6) is -0.297. The highest BCUT2D eigenvalue weighted by Gasteiger charge is 2.34. The second kappa shape index (κ2) is 11.4. The molecule has 0 fully saturated rings. The van der Waals surface area contributed by atoms with Crippen LogP contribution in [0.4, 0.5) is 4.39 Å². The van der Waals surface area contributed by atoms with Gasteiger partial charge in [0.2, 0.25) is 5.91 Å². The molecule has 1 aromatic heterocycles. The van der Waals surface area contributed by atoms with Gasteiger partial charge in [0, 0.05) is 28.0 Å². The van der Waals surface area contributed by atoms with Crippen LogP contribution < -0.4 is 4.74 Å². The van der Waals surface area contributed by atoms with Crippen molar-refractivity contribution in [2.45, 2.75) is 45.7 Å². The van der Waals surface area contributed by atoms with Crippen molar-refractivity contribution in [2.24, 2.45) is 0 Å². The fourth-order valence-corrected chi connectivity index (χ4v) is 5.47. The number of rotatable bonds is 8. The molecule has 2 atom stereocenters. The molecule has 2 unspecified atom stereocenters. The first-order chi connectivity index (χ1) is 17.3. The van der Waals surface area contributed by atoms with Gasteiger partial charge in [-0.3, -0.25) is 9.59 Å². The number of amides is 2. The molecule has 1 aliphatic heterocycles. The Morgan fingerprint density at radius 2 is 2.06 bits per heavy atom. The molecule has 0 bridgehead atoms. The van der Waals surface area contributed by atoms with Crippen molar-refractivity contribution in [3.8, 4) is 5.75 Å². The van der Waals surface area contributed by atoms with Crippen LogP contribution in [0.5, 0.6) is 5.75 Å². The molecule has 2 aromatic carbocycles. The van der Waals surface area contributed by atoms with E-state index < -0.39 is 5.82 Å². The summed E-state index contributed by atoms with van der Waals surface area (Å²) in [6, 6.07) is 12.7. The Labute approximate surface area is 220 Å². The van der Waals surface area contributed by atoms with Gasteiger partial charge in [0.15, 0.2) is 0 Å². The van der Waals surface area contributed by atoms with Crippen molar-refractivity contribution < 1.29 is 18.7 Å². The van der Waals surface area contributed by atoms with E-state index in [0.717, 1.165) is 17.5 Å². The lowest BCUT2D eigenvalue weighted by Crippen LogP contribution is -2.49. The smallest absolute Gasteiger partial charge is 0.254 e. The predicted octanol–water partition coefficient (Wildman–Crippen LogP) is 6.29. The van der Waals surface area contributed by atoms with Crippen LogP contribution in [0.2, 0.25) is 5.02 Å². The van der Waals surface area contributed by atoms with Gasteiger partial charge in [0.05, 0.1) is 6.04 Å². The van der Waals surface area contributed by atoms with E-state index in [9.17, 15) is 14.0 Å². The van der Waals surface area contributed by atoms with Crippen molar-refractivity contribution in [3.05, 3.63) is 86.3 Å². The number of aryl methyl sites for hydroxylation is 1. The molecule has 190 valence electrons. The summed E-state index contributed by atoms with van der Waals surface area (Å²) >= 11 is 7.83. The molecule has 0 radical (unpaired) electrons. The average Bonchev–Trinajstić information content (AvgIpc) is 3.36. The minimum Gasteiger partial charge on any atom is -0.491 e. The molecular formula is C28H30ClFN2O3S. The van der Waals surface area contributed by atoms with Crippen LogP contribution in [0, 0.1) is 12.7 Å². The summed E-state index contributed by atoms with van der Waals surface area (Å²) in [5, 5.41) is 2.71. The fourth-order valence-electron chi connectivity index (χ4n) is 4.43. The summed E-state index contributed by atoms with van der Waals surface area (Å²) in [6.45, 7) is 6.54. The molecule has 0 N–H and O–H groups in total. The van der Waals surface area contributed by atoms with Crippen LogP contribution in [0.25, 0.3) is 0 Å². The molecular weight excluding hydrogens is 499 g/mol. The normalized spacial score (nSPS) is 15.8. The van der Waals surface area contributed by atoms with Gasteiger partial charge >= 0.3 is 0 Å². The maximum atomic E-state index is 13.8. The van der Waals surface area contributed by atoms with E-state index in [1.54, 1.807) is 28.4 Å². The Kier molecular flexibility index (Phi) is 8.32. The van der Waals surface area contributed by atoms with Crippen molar-refractivity contribution in [2.75, 3.05) is 19.7 Å². The topological polar surface area (TPSA) is 49.9 Å². The van der Waals surface area contributed by atoms with E-state index in [4.69, 9.17) is 16.3 Å². The number of hydrogen-bond acceptors (Lipinski definition) is 4. The predicted molar refractivity (Wildman–Crippen MR) is 141 cm³/mol. The number of thiophene rings is 1. The quantitative estimate of drug-likeness (QED) is 0.345. The van der Waals surface area contributed by atoms with Gasteiger partial charge in [-0.05, 0) is 85.7 Å². The Morgan fingerprint density at radius 1 is 1.25 bits per heavy atom. The third-order valence-electron chi connectivity index (χ3n) is 6.71. The Hall–Kier alpha value is -2.90. The SMILES string of the molecule is CCC(C)N(CC(=O)N1CCc2sccc2C1COc1ccc(Cl)c(C)c1)C(=O)c1cccc(F)c1. The first kappa shape index (κ1) is 26.2. The lowest BCUT2D eigenvalue weighted by atomic mass is 10.00. The van der Waals surface area contributed by atoms with Gasteiger partial charge < -0.3 is 14.5 Å². The summed E-state index contributed by atoms with van der Waals surface area (Å²) in [7, 11) is 0. The highest BCUT2D eigenvalue weighted by molar-refractivity contribution is 7.10. The van der Waals surface area contributed by atoms with Crippen molar-refractivity contribution >= 4 is 34.8 Å². The van der Waals surface area contributed by atoms with E-state index in [2.05, 4.69) is 0 Å². The summed E-state index contributed by atoms with van der Waals surface area (Å²) in [5.41, 5.74) is 2.23. The zero-order valence-corrected chi connectivity index (χ0v) is 22.2. The van der Waals surface area contributed by atoms with Crippen LogP contribution in [0.3, 0.4) is 0 Å². The standard InChI is InChI=1S/C28H30ClFN2O3S/c1-4-19(3)32(28(34)20-6-5-7-21(30)15-20)16-27(33)31-12-10-26-23(11-13-36-26)25(31)17-35-22-8-9-24(29)18(2)14-22/h5-9,11,13-15,19,25H,4,10,12,16-17H2,1-3H3.